The van der Waals surface area contributed by atoms with Gasteiger partial charge >= 0.3 is 0 Å². The zero-order chi connectivity index (χ0) is 41.7. The van der Waals surface area contributed by atoms with Crippen molar-refractivity contribution in [1.82, 2.24) is 0 Å². The first-order valence-electron chi connectivity index (χ1n) is 17.6. The van der Waals surface area contributed by atoms with E-state index in [1.165, 1.54) is 18.2 Å². The fourth-order valence-corrected chi connectivity index (χ4v) is 2.28. The molecule has 11 heteroatoms. The van der Waals surface area contributed by atoms with Gasteiger partial charge in [0, 0.05) is 97.6 Å². The van der Waals surface area contributed by atoms with Crippen LogP contribution in [0, 0.1) is 32.5 Å². The van der Waals surface area contributed by atoms with Crippen molar-refractivity contribution in [1.29, 1.82) is 0 Å². The van der Waals surface area contributed by atoms with Crippen molar-refractivity contribution in [3.05, 3.63) is 35.5 Å². The number of carbonyl (C=O) groups is 3. The van der Waals surface area contributed by atoms with Gasteiger partial charge in [-0.25, -0.2) is 0 Å². The van der Waals surface area contributed by atoms with Gasteiger partial charge in [-0.3, -0.25) is 14.4 Å². The number of methoxy groups -OCH3 is 2. The molecule has 1 radical (unpaired) electrons. The van der Waals surface area contributed by atoms with Gasteiger partial charge in [-0.15, -0.1) is 0 Å². The number of rotatable bonds is 12. The predicted octanol–water partition coefficient (Wildman–Crippen LogP) is 9.58. The van der Waals surface area contributed by atoms with E-state index in [-0.39, 0.29) is 83.6 Å². The molecule has 0 atom stereocenters. The Kier molecular flexibility index (Phi) is 31.3. The summed E-state index contributed by atoms with van der Waals surface area (Å²) >= 11 is 0. The third-order valence-electron chi connectivity index (χ3n) is 6.56. The molecule has 0 rings (SSSR count). The van der Waals surface area contributed by atoms with Gasteiger partial charge in [-0.05, 0) is 0 Å². The second-order valence-corrected chi connectivity index (χ2v) is 18.4. The topological polar surface area (TPSA) is 149 Å². The molecular formula is C41H78O10Y. The summed E-state index contributed by atoms with van der Waals surface area (Å²) in [5.74, 6) is 0.312. The van der Waals surface area contributed by atoms with E-state index in [0.29, 0.717) is 39.6 Å². The van der Waals surface area contributed by atoms with E-state index in [4.69, 9.17) is 18.9 Å². The van der Waals surface area contributed by atoms with Crippen LogP contribution in [0.5, 0.6) is 0 Å². The number of aliphatic hydroxyl groups excluding tert-OH is 3. The Morgan fingerprint density at radius 3 is 0.692 bits per heavy atom. The third kappa shape index (κ3) is 35.6. The molecule has 10 nitrogen and oxygen atoms in total. The maximum atomic E-state index is 11.5. The summed E-state index contributed by atoms with van der Waals surface area (Å²) in [5.41, 5.74) is -2.29. The molecular weight excluding hydrogens is 741 g/mol. The van der Waals surface area contributed by atoms with Crippen LogP contribution in [-0.2, 0) is 66.0 Å². The van der Waals surface area contributed by atoms with Crippen molar-refractivity contribution in [2.75, 3.05) is 53.9 Å². The molecule has 0 aliphatic rings. The van der Waals surface area contributed by atoms with Gasteiger partial charge in [-0.1, -0.05) is 125 Å². The van der Waals surface area contributed by atoms with Gasteiger partial charge in [0.25, 0.3) is 0 Å². The fourth-order valence-electron chi connectivity index (χ4n) is 2.28. The normalized spacial score (nSPS) is 13.3. The first-order valence-corrected chi connectivity index (χ1v) is 17.6. The van der Waals surface area contributed by atoms with Crippen LogP contribution < -0.4 is 0 Å². The molecule has 0 aliphatic carbocycles. The number of ether oxygens (including phenoxy) is 4. The average Bonchev–Trinajstić information content (AvgIpc) is 2.92. The van der Waals surface area contributed by atoms with Crippen LogP contribution in [0.25, 0.3) is 0 Å². The zero-order valence-corrected chi connectivity index (χ0v) is 39.6. The standard InChI is InChI=1S/3C11H20O2.C8H18O4.Y/c3*1-10(2,3)8(12)7-9(13)11(4,5)6;1-9-3-5-11-7-8-12-6-4-10-2;/h3*7,12H,1-6H3;3-8H2,1-2H3;/b3*8-7-;;. The number of carbonyl (C=O) groups excluding carboxylic acids is 3. The second kappa shape index (κ2) is 27.2. The molecule has 0 bridgehead atoms. The van der Waals surface area contributed by atoms with E-state index < -0.39 is 16.2 Å². The number of ketones is 3. The van der Waals surface area contributed by atoms with E-state index in [1.807, 2.05) is 125 Å². The summed E-state index contributed by atoms with van der Waals surface area (Å²) in [6.07, 6.45) is 4.00. The molecule has 0 aromatic rings. The third-order valence-corrected chi connectivity index (χ3v) is 6.56. The summed E-state index contributed by atoms with van der Waals surface area (Å²) in [6.45, 7) is 37.1. The van der Waals surface area contributed by atoms with Crippen LogP contribution in [0.4, 0.5) is 0 Å². The largest absolute Gasteiger partial charge is 0.512 e. The SMILES string of the molecule is CC(C)(C)C(=O)/C=C(\O)C(C)(C)C.CC(C)(C)C(=O)/C=C(\O)C(C)(C)C.CC(C)(C)C(=O)/C=C(\O)C(C)(C)C.COCCOCCOCCOC.[Y]. The Morgan fingerprint density at radius 2 is 0.558 bits per heavy atom. The smallest absolute Gasteiger partial charge is 0.164 e. The first-order chi connectivity index (χ1) is 22.6. The van der Waals surface area contributed by atoms with Crippen molar-refractivity contribution in [2.24, 2.45) is 32.5 Å². The summed E-state index contributed by atoms with van der Waals surface area (Å²) in [5, 5.41) is 28.7. The van der Waals surface area contributed by atoms with Crippen molar-refractivity contribution < 1.29 is 81.4 Å². The Hall–Kier alpha value is -1.43. The Labute approximate surface area is 343 Å². The van der Waals surface area contributed by atoms with E-state index in [1.54, 1.807) is 14.2 Å². The average molecular weight is 820 g/mol. The quantitative estimate of drug-likeness (QED) is 0.0988. The molecule has 0 fully saturated rings. The van der Waals surface area contributed by atoms with Gasteiger partial charge in [0.2, 0.25) is 0 Å². The molecule has 52 heavy (non-hydrogen) atoms. The van der Waals surface area contributed by atoms with Crippen LogP contribution in [-0.4, -0.2) is 86.5 Å². The maximum absolute atomic E-state index is 11.5. The minimum atomic E-state index is -0.417. The van der Waals surface area contributed by atoms with Crippen LogP contribution in [0.1, 0.15) is 125 Å². The number of aliphatic hydroxyl groups is 3. The summed E-state index contributed by atoms with van der Waals surface area (Å²) in [6, 6.07) is 0. The molecule has 0 heterocycles. The van der Waals surface area contributed by atoms with Crippen molar-refractivity contribution in [3.8, 4) is 0 Å². The van der Waals surface area contributed by atoms with E-state index >= 15 is 0 Å². The van der Waals surface area contributed by atoms with Gasteiger partial charge in [0.1, 0.15) is 17.3 Å². The van der Waals surface area contributed by atoms with Gasteiger partial charge in [-0.2, -0.15) is 0 Å². The van der Waals surface area contributed by atoms with Gasteiger partial charge in [0.15, 0.2) is 17.3 Å². The van der Waals surface area contributed by atoms with E-state index in [0.717, 1.165) is 0 Å². The minimum Gasteiger partial charge on any atom is -0.512 e. The Morgan fingerprint density at radius 1 is 0.385 bits per heavy atom. The molecule has 0 amide bonds. The molecule has 0 aromatic heterocycles. The molecule has 3 N–H and O–H groups in total. The van der Waals surface area contributed by atoms with Gasteiger partial charge in [0.05, 0.1) is 39.6 Å². The Balaban J connectivity index is -0.000000188. The van der Waals surface area contributed by atoms with Crippen molar-refractivity contribution in [2.45, 2.75) is 125 Å². The molecule has 0 saturated heterocycles. The summed E-state index contributed by atoms with van der Waals surface area (Å²) in [4.78, 5) is 34.5. The van der Waals surface area contributed by atoms with E-state index in [2.05, 4.69) is 0 Å². The Bertz CT molecular complexity index is 960. The second-order valence-electron chi connectivity index (χ2n) is 18.4. The van der Waals surface area contributed by atoms with Crippen LogP contribution in [0.3, 0.4) is 0 Å². The van der Waals surface area contributed by atoms with Crippen LogP contribution in [0.15, 0.2) is 35.5 Å². The van der Waals surface area contributed by atoms with Gasteiger partial charge < -0.3 is 34.3 Å². The molecule has 0 spiro atoms. The number of hydrogen-bond acceptors (Lipinski definition) is 10. The molecule has 0 saturated carbocycles. The summed E-state index contributed by atoms with van der Waals surface area (Å²) in [7, 11) is 3.30. The molecule has 0 aliphatic heterocycles. The van der Waals surface area contributed by atoms with Crippen LogP contribution >= 0.6 is 0 Å². The number of allylic oxidation sites excluding steroid dienone is 6. The van der Waals surface area contributed by atoms with E-state index in [9.17, 15) is 29.7 Å². The molecule has 0 unspecified atom stereocenters. The van der Waals surface area contributed by atoms with Crippen molar-refractivity contribution >= 4 is 17.3 Å². The molecule has 305 valence electrons. The van der Waals surface area contributed by atoms with Crippen LogP contribution in [0.2, 0.25) is 0 Å². The minimum absolute atomic E-state index is 0. The summed E-state index contributed by atoms with van der Waals surface area (Å²) < 4.78 is 19.9. The number of hydrogen-bond donors (Lipinski definition) is 3. The fraction of sp³-hybridized carbons (Fsp3) is 0.780. The maximum Gasteiger partial charge on any atom is 0.164 e. The predicted molar refractivity (Wildman–Crippen MR) is 209 cm³/mol. The first kappa shape index (κ1) is 59.8. The zero-order valence-electron chi connectivity index (χ0n) is 36.8. The monoisotopic (exact) mass is 819 g/mol. The molecule has 0 aromatic carbocycles. The van der Waals surface area contributed by atoms with Crippen molar-refractivity contribution in [3.63, 3.8) is 0 Å².